The van der Waals surface area contributed by atoms with Gasteiger partial charge in [0, 0.05) is 12.1 Å². The standard InChI is InChI=1S/C20H21N3O/c1-14(2)13-23-18-12-8-7-11-17(18)22-19(23)15(3)21-20(24)16-9-5-4-6-10-16/h4-12,15H,1,13H2,2-3H3,(H,21,24)/t15-/m1/s1. The normalized spacial score (nSPS) is 12.1. The summed E-state index contributed by atoms with van der Waals surface area (Å²) in [6.45, 7) is 8.64. The Bertz CT molecular complexity index is 880. The van der Waals surface area contributed by atoms with Gasteiger partial charge in [0.15, 0.2) is 0 Å². The topological polar surface area (TPSA) is 46.9 Å². The van der Waals surface area contributed by atoms with Crippen LogP contribution < -0.4 is 5.32 Å². The zero-order valence-corrected chi connectivity index (χ0v) is 14.0. The summed E-state index contributed by atoms with van der Waals surface area (Å²) in [5, 5.41) is 3.04. The molecule has 0 aliphatic carbocycles. The van der Waals surface area contributed by atoms with Gasteiger partial charge in [0.25, 0.3) is 5.91 Å². The molecule has 1 aromatic heterocycles. The van der Waals surface area contributed by atoms with Gasteiger partial charge in [0.1, 0.15) is 5.82 Å². The van der Waals surface area contributed by atoms with E-state index in [4.69, 9.17) is 4.98 Å². The number of allylic oxidation sites excluding steroid dienone is 1. The Morgan fingerprint density at radius 1 is 1.17 bits per heavy atom. The van der Waals surface area contributed by atoms with E-state index < -0.39 is 0 Å². The average molecular weight is 319 g/mol. The first-order valence-electron chi connectivity index (χ1n) is 8.01. The molecule has 0 radical (unpaired) electrons. The van der Waals surface area contributed by atoms with E-state index in [0.29, 0.717) is 12.1 Å². The van der Waals surface area contributed by atoms with Crippen molar-refractivity contribution in [1.29, 1.82) is 0 Å². The van der Waals surface area contributed by atoms with E-state index in [1.807, 2.05) is 56.3 Å². The summed E-state index contributed by atoms with van der Waals surface area (Å²) in [6, 6.07) is 17.0. The highest BCUT2D eigenvalue weighted by Gasteiger charge is 2.18. The summed E-state index contributed by atoms with van der Waals surface area (Å²) in [6.07, 6.45) is 0. The second-order valence-electron chi connectivity index (χ2n) is 6.06. The van der Waals surface area contributed by atoms with Gasteiger partial charge in [-0.1, -0.05) is 42.5 Å². The van der Waals surface area contributed by atoms with Crippen molar-refractivity contribution in [2.45, 2.75) is 26.4 Å². The Morgan fingerprint density at radius 2 is 1.83 bits per heavy atom. The van der Waals surface area contributed by atoms with Gasteiger partial charge in [-0.25, -0.2) is 4.98 Å². The second-order valence-corrected chi connectivity index (χ2v) is 6.06. The zero-order chi connectivity index (χ0) is 17.1. The lowest BCUT2D eigenvalue weighted by molar-refractivity contribution is 0.0938. The summed E-state index contributed by atoms with van der Waals surface area (Å²) in [4.78, 5) is 17.1. The van der Waals surface area contributed by atoms with Crippen LogP contribution in [0, 0.1) is 0 Å². The smallest absolute Gasteiger partial charge is 0.251 e. The van der Waals surface area contributed by atoms with Crippen molar-refractivity contribution in [2.75, 3.05) is 0 Å². The fourth-order valence-electron chi connectivity index (χ4n) is 2.79. The zero-order valence-electron chi connectivity index (χ0n) is 14.0. The number of hydrogen-bond acceptors (Lipinski definition) is 2. The van der Waals surface area contributed by atoms with E-state index in [1.165, 1.54) is 0 Å². The number of carbonyl (C=O) groups excluding carboxylic acids is 1. The highest BCUT2D eigenvalue weighted by molar-refractivity contribution is 5.94. The minimum atomic E-state index is -0.204. The number of nitrogens with zero attached hydrogens (tertiary/aromatic N) is 2. The van der Waals surface area contributed by atoms with Crippen LogP contribution in [0.1, 0.15) is 36.1 Å². The number of rotatable bonds is 5. The summed E-state index contributed by atoms with van der Waals surface area (Å²) in [5.74, 6) is 0.737. The molecule has 24 heavy (non-hydrogen) atoms. The molecule has 1 amide bonds. The van der Waals surface area contributed by atoms with Crippen LogP contribution in [0.5, 0.6) is 0 Å². The van der Waals surface area contributed by atoms with E-state index in [2.05, 4.69) is 16.5 Å². The van der Waals surface area contributed by atoms with Crippen molar-refractivity contribution in [3.63, 3.8) is 0 Å². The number of carbonyl (C=O) groups is 1. The molecule has 4 nitrogen and oxygen atoms in total. The number of amides is 1. The van der Waals surface area contributed by atoms with Gasteiger partial charge in [-0.3, -0.25) is 4.79 Å². The first-order valence-corrected chi connectivity index (χ1v) is 8.01. The van der Waals surface area contributed by atoms with Crippen LogP contribution >= 0.6 is 0 Å². The molecule has 0 fully saturated rings. The molecular formula is C20H21N3O. The van der Waals surface area contributed by atoms with E-state index in [9.17, 15) is 4.79 Å². The minimum absolute atomic E-state index is 0.1000. The van der Waals surface area contributed by atoms with E-state index in [1.54, 1.807) is 12.1 Å². The Hall–Kier alpha value is -2.88. The molecule has 2 aromatic carbocycles. The maximum Gasteiger partial charge on any atom is 0.251 e. The van der Waals surface area contributed by atoms with Gasteiger partial charge < -0.3 is 9.88 Å². The summed E-state index contributed by atoms with van der Waals surface area (Å²) in [7, 11) is 0. The van der Waals surface area contributed by atoms with E-state index in [0.717, 1.165) is 22.4 Å². The summed E-state index contributed by atoms with van der Waals surface area (Å²) in [5.41, 5.74) is 3.67. The van der Waals surface area contributed by atoms with Crippen molar-refractivity contribution in [2.24, 2.45) is 0 Å². The Kier molecular flexibility index (Phi) is 4.47. The minimum Gasteiger partial charge on any atom is -0.342 e. The van der Waals surface area contributed by atoms with Crippen LogP contribution in [0.3, 0.4) is 0 Å². The predicted molar refractivity (Wildman–Crippen MR) is 96.9 cm³/mol. The van der Waals surface area contributed by atoms with Crippen LogP contribution in [0.2, 0.25) is 0 Å². The first-order chi connectivity index (χ1) is 11.6. The Morgan fingerprint density at radius 3 is 2.54 bits per heavy atom. The van der Waals surface area contributed by atoms with Crippen molar-refractivity contribution in [1.82, 2.24) is 14.9 Å². The third-order valence-corrected chi connectivity index (χ3v) is 3.88. The maximum absolute atomic E-state index is 12.4. The molecule has 4 heteroatoms. The van der Waals surface area contributed by atoms with Gasteiger partial charge in [-0.05, 0) is 38.1 Å². The lowest BCUT2D eigenvalue weighted by Gasteiger charge is -2.16. The number of para-hydroxylation sites is 2. The molecular weight excluding hydrogens is 298 g/mol. The number of aromatic nitrogens is 2. The number of benzene rings is 2. The van der Waals surface area contributed by atoms with Crippen molar-refractivity contribution in [3.05, 3.63) is 78.1 Å². The third-order valence-electron chi connectivity index (χ3n) is 3.88. The molecule has 1 atom stereocenters. The molecule has 0 bridgehead atoms. The van der Waals surface area contributed by atoms with Gasteiger partial charge >= 0.3 is 0 Å². The number of fused-ring (bicyclic) bond motifs is 1. The monoisotopic (exact) mass is 319 g/mol. The molecule has 0 saturated carbocycles. The predicted octanol–water partition coefficient (Wildman–Crippen LogP) is 4.10. The molecule has 0 unspecified atom stereocenters. The van der Waals surface area contributed by atoms with Crippen LogP contribution in [0.25, 0.3) is 11.0 Å². The van der Waals surface area contributed by atoms with Crippen LogP contribution in [0.4, 0.5) is 0 Å². The fourth-order valence-corrected chi connectivity index (χ4v) is 2.79. The molecule has 1 heterocycles. The maximum atomic E-state index is 12.4. The highest BCUT2D eigenvalue weighted by Crippen LogP contribution is 2.22. The largest absolute Gasteiger partial charge is 0.342 e. The van der Waals surface area contributed by atoms with Gasteiger partial charge in [0.05, 0.1) is 17.1 Å². The van der Waals surface area contributed by atoms with E-state index in [-0.39, 0.29) is 11.9 Å². The van der Waals surface area contributed by atoms with Crippen LogP contribution in [-0.4, -0.2) is 15.5 Å². The van der Waals surface area contributed by atoms with Gasteiger partial charge in [-0.2, -0.15) is 0 Å². The van der Waals surface area contributed by atoms with E-state index >= 15 is 0 Å². The summed E-state index contributed by atoms with van der Waals surface area (Å²) >= 11 is 0. The van der Waals surface area contributed by atoms with Crippen molar-refractivity contribution >= 4 is 16.9 Å². The summed E-state index contributed by atoms with van der Waals surface area (Å²) < 4.78 is 2.12. The van der Waals surface area contributed by atoms with Gasteiger partial charge in [0.2, 0.25) is 0 Å². The average Bonchev–Trinajstić information content (AvgIpc) is 2.94. The molecule has 0 aliphatic heterocycles. The molecule has 3 rings (SSSR count). The van der Waals surface area contributed by atoms with Crippen LogP contribution in [-0.2, 0) is 6.54 Å². The Labute approximate surface area is 141 Å². The highest BCUT2D eigenvalue weighted by atomic mass is 16.1. The number of imidazole rings is 1. The van der Waals surface area contributed by atoms with Crippen molar-refractivity contribution in [3.8, 4) is 0 Å². The quantitative estimate of drug-likeness (QED) is 0.720. The SMILES string of the molecule is C=C(C)Cn1c([C@@H](C)NC(=O)c2ccccc2)nc2ccccc21. The second kappa shape index (κ2) is 6.71. The molecule has 3 aromatic rings. The number of nitrogens with one attached hydrogen (secondary N) is 1. The first kappa shape index (κ1) is 16.0. The number of hydrogen-bond donors (Lipinski definition) is 1. The molecule has 0 spiro atoms. The molecule has 0 aliphatic rings. The molecule has 122 valence electrons. The molecule has 1 N–H and O–H groups in total. The fraction of sp³-hybridized carbons (Fsp3) is 0.200. The third kappa shape index (κ3) is 3.23. The van der Waals surface area contributed by atoms with Gasteiger partial charge in [-0.15, -0.1) is 0 Å². The molecule has 0 saturated heterocycles. The Balaban J connectivity index is 1.93. The van der Waals surface area contributed by atoms with Crippen molar-refractivity contribution < 1.29 is 4.79 Å². The lowest BCUT2D eigenvalue weighted by Crippen LogP contribution is -2.28. The lowest BCUT2D eigenvalue weighted by atomic mass is 10.2. The van der Waals surface area contributed by atoms with Crippen LogP contribution in [0.15, 0.2) is 66.7 Å².